The van der Waals surface area contributed by atoms with Gasteiger partial charge >= 0.3 is 5.97 Å². The lowest BCUT2D eigenvalue weighted by Crippen LogP contribution is -2.54. The number of amides is 1. The van der Waals surface area contributed by atoms with Gasteiger partial charge in [0.1, 0.15) is 0 Å². The lowest BCUT2D eigenvalue weighted by atomic mass is 9.85. The van der Waals surface area contributed by atoms with Gasteiger partial charge in [0, 0.05) is 26.1 Å². The second-order valence-corrected chi connectivity index (χ2v) is 4.60. The third-order valence-corrected chi connectivity index (χ3v) is 3.64. The van der Waals surface area contributed by atoms with Crippen LogP contribution >= 0.6 is 0 Å². The SMILES string of the molecule is COC1CC(N2CC(C(=O)O)CCC2=O)C1. The highest BCUT2D eigenvalue weighted by molar-refractivity contribution is 5.80. The van der Waals surface area contributed by atoms with Crippen molar-refractivity contribution in [3.05, 3.63) is 0 Å². The van der Waals surface area contributed by atoms with E-state index in [2.05, 4.69) is 0 Å². The first kappa shape index (κ1) is 11.4. The Morgan fingerprint density at radius 3 is 2.75 bits per heavy atom. The van der Waals surface area contributed by atoms with Crippen molar-refractivity contribution >= 4 is 11.9 Å². The molecule has 1 N–H and O–H groups in total. The van der Waals surface area contributed by atoms with Crippen LogP contribution in [0.15, 0.2) is 0 Å². The predicted molar refractivity (Wildman–Crippen MR) is 55.9 cm³/mol. The second-order valence-electron chi connectivity index (χ2n) is 4.60. The zero-order valence-corrected chi connectivity index (χ0v) is 9.39. The number of carboxylic acids is 1. The Kier molecular flexibility index (Phi) is 3.14. The van der Waals surface area contributed by atoms with Crippen LogP contribution in [0.2, 0.25) is 0 Å². The minimum Gasteiger partial charge on any atom is -0.481 e. The Bertz CT molecular complexity index is 298. The Labute approximate surface area is 94.4 Å². The van der Waals surface area contributed by atoms with Crippen LogP contribution in [0.4, 0.5) is 0 Å². The molecule has 2 aliphatic rings. The summed E-state index contributed by atoms with van der Waals surface area (Å²) in [6, 6.07) is 0.194. The number of aliphatic carboxylic acids is 1. The molecule has 1 unspecified atom stereocenters. The van der Waals surface area contributed by atoms with Gasteiger partial charge in [0.25, 0.3) is 0 Å². The average molecular weight is 227 g/mol. The molecule has 1 aliphatic heterocycles. The van der Waals surface area contributed by atoms with Gasteiger partial charge in [0.05, 0.1) is 12.0 Å². The third-order valence-electron chi connectivity index (χ3n) is 3.64. The highest BCUT2D eigenvalue weighted by atomic mass is 16.5. The number of hydrogen-bond donors (Lipinski definition) is 1. The number of rotatable bonds is 3. The molecule has 1 heterocycles. The number of nitrogens with zero attached hydrogens (tertiary/aromatic N) is 1. The molecule has 1 saturated heterocycles. The van der Waals surface area contributed by atoms with Gasteiger partial charge in [-0.3, -0.25) is 9.59 Å². The summed E-state index contributed by atoms with van der Waals surface area (Å²) in [4.78, 5) is 24.3. The van der Waals surface area contributed by atoms with E-state index >= 15 is 0 Å². The fourth-order valence-corrected chi connectivity index (χ4v) is 2.41. The Balaban J connectivity index is 1.92. The van der Waals surface area contributed by atoms with E-state index in [1.54, 1.807) is 12.0 Å². The monoisotopic (exact) mass is 227 g/mol. The van der Waals surface area contributed by atoms with Crippen LogP contribution < -0.4 is 0 Å². The summed E-state index contributed by atoms with van der Waals surface area (Å²) in [5, 5.41) is 8.95. The predicted octanol–water partition coefficient (Wildman–Crippen LogP) is 0.487. The first-order chi connectivity index (χ1) is 7.61. The van der Waals surface area contributed by atoms with E-state index in [0.717, 1.165) is 12.8 Å². The maximum atomic E-state index is 11.7. The van der Waals surface area contributed by atoms with Gasteiger partial charge in [0.15, 0.2) is 0 Å². The number of hydrogen-bond acceptors (Lipinski definition) is 3. The summed E-state index contributed by atoms with van der Waals surface area (Å²) in [7, 11) is 1.67. The van der Waals surface area contributed by atoms with Crippen molar-refractivity contribution in [2.75, 3.05) is 13.7 Å². The van der Waals surface area contributed by atoms with Crippen LogP contribution in [0.3, 0.4) is 0 Å². The maximum Gasteiger partial charge on any atom is 0.308 e. The van der Waals surface area contributed by atoms with Gasteiger partial charge in [-0.05, 0) is 19.3 Å². The zero-order valence-electron chi connectivity index (χ0n) is 9.39. The molecule has 2 fully saturated rings. The Morgan fingerprint density at radius 2 is 2.19 bits per heavy atom. The van der Waals surface area contributed by atoms with E-state index in [4.69, 9.17) is 9.84 Å². The quantitative estimate of drug-likeness (QED) is 0.761. The van der Waals surface area contributed by atoms with E-state index in [-0.39, 0.29) is 24.0 Å². The van der Waals surface area contributed by atoms with Crippen molar-refractivity contribution in [1.82, 2.24) is 4.90 Å². The van der Waals surface area contributed by atoms with Gasteiger partial charge in [-0.15, -0.1) is 0 Å². The Hall–Kier alpha value is -1.10. The van der Waals surface area contributed by atoms with Gasteiger partial charge in [0.2, 0.25) is 5.91 Å². The molecule has 0 spiro atoms. The molecule has 2 rings (SSSR count). The van der Waals surface area contributed by atoms with Crippen molar-refractivity contribution in [1.29, 1.82) is 0 Å². The molecule has 90 valence electrons. The van der Waals surface area contributed by atoms with E-state index < -0.39 is 5.97 Å². The molecule has 0 aromatic carbocycles. The summed E-state index contributed by atoms with van der Waals surface area (Å²) in [6.07, 6.45) is 2.77. The molecule has 5 nitrogen and oxygen atoms in total. The van der Waals surface area contributed by atoms with E-state index in [1.807, 2.05) is 0 Å². The summed E-state index contributed by atoms with van der Waals surface area (Å²) in [5.41, 5.74) is 0. The van der Waals surface area contributed by atoms with E-state index in [0.29, 0.717) is 19.4 Å². The van der Waals surface area contributed by atoms with Gasteiger partial charge in [-0.2, -0.15) is 0 Å². The molecule has 0 radical (unpaired) electrons. The third kappa shape index (κ3) is 2.04. The molecule has 5 heteroatoms. The standard InChI is InChI=1S/C11H17NO4/c1-16-9-4-8(5-9)12-6-7(11(14)15)2-3-10(12)13/h7-9H,2-6H2,1H3,(H,14,15). The zero-order chi connectivity index (χ0) is 11.7. The van der Waals surface area contributed by atoms with Crippen LogP contribution in [0.5, 0.6) is 0 Å². The van der Waals surface area contributed by atoms with Gasteiger partial charge in [-0.25, -0.2) is 0 Å². The maximum absolute atomic E-state index is 11.7. The smallest absolute Gasteiger partial charge is 0.308 e. The highest BCUT2D eigenvalue weighted by Gasteiger charge is 2.40. The van der Waals surface area contributed by atoms with E-state index in [1.165, 1.54) is 0 Å². The molecule has 0 bridgehead atoms. The molecule has 16 heavy (non-hydrogen) atoms. The summed E-state index contributed by atoms with van der Waals surface area (Å²) in [5.74, 6) is -1.09. The lowest BCUT2D eigenvalue weighted by molar-refractivity contribution is -0.152. The number of ether oxygens (including phenoxy) is 1. The van der Waals surface area contributed by atoms with Gasteiger partial charge in [-0.1, -0.05) is 0 Å². The molecule has 1 saturated carbocycles. The highest BCUT2D eigenvalue weighted by Crippen LogP contribution is 2.31. The lowest BCUT2D eigenvalue weighted by Gasteiger charge is -2.44. The van der Waals surface area contributed by atoms with E-state index in [9.17, 15) is 9.59 Å². The topological polar surface area (TPSA) is 66.8 Å². The van der Waals surface area contributed by atoms with Crippen molar-refractivity contribution in [2.45, 2.75) is 37.8 Å². The number of likely N-dealkylation sites (tertiary alicyclic amines) is 1. The van der Waals surface area contributed by atoms with Crippen LogP contribution in [0, 0.1) is 5.92 Å². The fraction of sp³-hybridized carbons (Fsp3) is 0.818. The molecule has 0 aromatic heterocycles. The summed E-state index contributed by atoms with van der Waals surface area (Å²) >= 11 is 0. The number of carbonyl (C=O) groups excluding carboxylic acids is 1. The second kappa shape index (κ2) is 4.41. The van der Waals surface area contributed by atoms with Crippen LogP contribution in [-0.4, -0.2) is 47.7 Å². The molecular weight excluding hydrogens is 210 g/mol. The number of carbonyl (C=O) groups is 2. The Morgan fingerprint density at radius 1 is 1.50 bits per heavy atom. The summed E-state index contributed by atoms with van der Waals surface area (Å²) < 4.78 is 5.16. The molecule has 1 aliphatic carbocycles. The normalized spacial score (nSPS) is 34.7. The van der Waals surface area contributed by atoms with Crippen molar-refractivity contribution in [3.8, 4) is 0 Å². The minimum absolute atomic E-state index is 0.0945. The van der Waals surface area contributed by atoms with Crippen LogP contribution in [0.25, 0.3) is 0 Å². The fourth-order valence-electron chi connectivity index (χ4n) is 2.41. The first-order valence-electron chi connectivity index (χ1n) is 5.67. The first-order valence-corrected chi connectivity index (χ1v) is 5.67. The number of piperidine rings is 1. The van der Waals surface area contributed by atoms with Crippen LogP contribution in [0.1, 0.15) is 25.7 Å². The van der Waals surface area contributed by atoms with Crippen molar-refractivity contribution < 1.29 is 19.4 Å². The minimum atomic E-state index is -0.792. The van der Waals surface area contributed by atoms with Crippen LogP contribution in [-0.2, 0) is 14.3 Å². The molecule has 1 amide bonds. The summed E-state index contributed by atoms with van der Waals surface area (Å²) in [6.45, 7) is 0.370. The van der Waals surface area contributed by atoms with Gasteiger partial charge < -0.3 is 14.7 Å². The number of carboxylic acid groups (broad SMARTS) is 1. The van der Waals surface area contributed by atoms with Crippen molar-refractivity contribution in [2.24, 2.45) is 5.92 Å². The van der Waals surface area contributed by atoms with Crippen molar-refractivity contribution in [3.63, 3.8) is 0 Å². The molecular formula is C11H17NO4. The molecule has 0 aromatic rings. The average Bonchev–Trinajstić information content (AvgIpc) is 2.18. The molecule has 1 atom stereocenters. The number of methoxy groups -OCH3 is 1. The largest absolute Gasteiger partial charge is 0.481 e.